The Morgan fingerprint density at radius 2 is 2.14 bits per heavy atom. The number of rotatable bonds is 3. The standard InChI is InChI=1S/C16H15N3OS/c1-10(2)19-14-5-4-11(8-17)6-13(14)18-16(19)15-7-12(20-3)9-21-15/h4-7,9-10H,1-3H3. The number of benzene rings is 1. The number of imidazole rings is 1. The average molecular weight is 297 g/mol. The van der Waals surface area contributed by atoms with Crippen molar-refractivity contribution < 1.29 is 4.74 Å². The van der Waals surface area contributed by atoms with Crippen molar-refractivity contribution in [1.29, 1.82) is 5.26 Å². The molecule has 0 spiro atoms. The Labute approximate surface area is 127 Å². The van der Waals surface area contributed by atoms with Crippen LogP contribution in [0.3, 0.4) is 0 Å². The van der Waals surface area contributed by atoms with Crippen LogP contribution in [0.1, 0.15) is 25.5 Å². The highest BCUT2D eigenvalue weighted by Crippen LogP contribution is 2.34. The van der Waals surface area contributed by atoms with Gasteiger partial charge in [0.05, 0.1) is 34.7 Å². The van der Waals surface area contributed by atoms with Gasteiger partial charge in [-0.15, -0.1) is 11.3 Å². The summed E-state index contributed by atoms with van der Waals surface area (Å²) < 4.78 is 7.45. The van der Waals surface area contributed by atoms with E-state index in [0.29, 0.717) is 5.56 Å². The Kier molecular flexibility index (Phi) is 3.40. The summed E-state index contributed by atoms with van der Waals surface area (Å²) in [4.78, 5) is 5.79. The number of methoxy groups -OCH3 is 1. The van der Waals surface area contributed by atoms with Crippen molar-refractivity contribution in [2.24, 2.45) is 0 Å². The number of aromatic nitrogens is 2. The van der Waals surface area contributed by atoms with Gasteiger partial charge in [0, 0.05) is 17.5 Å². The minimum Gasteiger partial charge on any atom is -0.496 e. The zero-order valence-corrected chi connectivity index (χ0v) is 12.9. The van der Waals surface area contributed by atoms with Gasteiger partial charge in [-0.3, -0.25) is 0 Å². The highest BCUT2D eigenvalue weighted by Gasteiger charge is 2.17. The summed E-state index contributed by atoms with van der Waals surface area (Å²) in [6, 6.07) is 10.1. The summed E-state index contributed by atoms with van der Waals surface area (Å²) in [7, 11) is 1.66. The van der Waals surface area contributed by atoms with Gasteiger partial charge in [0.25, 0.3) is 0 Å². The molecular formula is C16H15N3OS. The lowest BCUT2D eigenvalue weighted by Gasteiger charge is -2.11. The third-order valence-corrected chi connectivity index (χ3v) is 4.27. The minimum absolute atomic E-state index is 0.283. The molecule has 0 bridgehead atoms. The number of thiophene rings is 1. The molecule has 4 nitrogen and oxygen atoms in total. The highest BCUT2D eigenvalue weighted by molar-refractivity contribution is 7.13. The fourth-order valence-corrected chi connectivity index (χ4v) is 3.25. The summed E-state index contributed by atoms with van der Waals surface area (Å²) in [5.74, 6) is 1.76. The Balaban J connectivity index is 2.26. The number of ether oxygens (including phenoxy) is 1. The van der Waals surface area contributed by atoms with Crippen LogP contribution in [-0.4, -0.2) is 16.7 Å². The first-order valence-corrected chi connectivity index (χ1v) is 7.57. The minimum atomic E-state index is 0.283. The van der Waals surface area contributed by atoms with Crippen molar-refractivity contribution in [3.63, 3.8) is 0 Å². The van der Waals surface area contributed by atoms with Gasteiger partial charge >= 0.3 is 0 Å². The topological polar surface area (TPSA) is 50.8 Å². The number of fused-ring (bicyclic) bond motifs is 1. The average Bonchev–Trinajstić information content (AvgIpc) is 3.09. The fraction of sp³-hybridized carbons (Fsp3) is 0.250. The highest BCUT2D eigenvalue weighted by atomic mass is 32.1. The first kappa shape index (κ1) is 13.7. The number of nitrogens with zero attached hydrogens (tertiary/aromatic N) is 3. The maximum Gasteiger partial charge on any atom is 0.151 e. The molecule has 3 aromatic rings. The molecule has 0 N–H and O–H groups in total. The van der Waals surface area contributed by atoms with E-state index in [1.165, 1.54) is 0 Å². The normalized spacial score (nSPS) is 11.0. The molecule has 21 heavy (non-hydrogen) atoms. The van der Waals surface area contributed by atoms with E-state index in [1.807, 2.05) is 29.6 Å². The van der Waals surface area contributed by atoms with Gasteiger partial charge in [-0.25, -0.2) is 4.98 Å². The molecule has 0 aliphatic rings. The predicted molar refractivity (Wildman–Crippen MR) is 84.7 cm³/mol. The molecule has 106 valence electrons. The predicted octanol–water partition coefficient (Wildman–Crippen LogP) is 4.23. The van der Waals surface area contributed by atoms with Crippen molar-refractivity contribution in [2.45, 2.75) is 19.9 Å². The molecule has 0 amide bonds. The maximum absolute atomic E-state index is 9.04. The zero-order chi connectivity index (χ0) is 15.0. The fourth-order valence-electron chi connectivity index (χ4n) is 2.41. The van der Waals surface area contributed by atoms with Crippen molar-refractivity contribution >= 4 is 22.4 Å². The first-order valence-electron chi connectivity index (χ1n) is 6.69. The van der Waals surface area contributed by atoms with Gasteiger partial charge in [-0.05, 0) is 32.0 Å². The Bertz CT molecular complexity index is 839. The van der Waals surface area contributed by atoms with Crippen LogP contribution >= 0.6 is 11.3 Å². The molecule has 1 aromatic carbocycles. The summed E-state index contributed by atoms with van der Waals surface area (Å²) in [5.41, 5.74) is 2.53. The molecule has 0 fully saturated rings. The molecule has 5 heteroatoms. The molecule has 2 aromatic heterocycles. The van der Waals surface area contributed by atoms with Crippen molar-refractivity contribution in [3.8, 4) is 22.5 Å². The van der Waals surface area contributed by atoms with Crippen LogP contribution < -0.4 is 4.74 Å². The van der Waals surface area contributed by atoms with Crippen LogP contribution in [-0.2, 0) is 0 Å². The van der Waals surface area contributed by atoms with Gasteiger partial charge in [0.1, 0.15) is 5.75 Å². The molecule has 3 rings (SSSR count). The second-order valence-corrected chi connectivity index (χ2v) is 5.98. The molecule has 0 aliphatic heterocycles. The summed E-state index contributed by atoms with van der Waals surface area (Å²) in [6.45, 7) is 4.27. The Hall–Kier alpha value is -2.32. The lowest BCUT2D eigenvalue weighted by atomic mass is 10.2. The smallest absolute Gasteiger partial charge is 0.151 e. The number of hydrogen-bond donors (Lipinski definition) is 0. The largest absolute Gasteiger partial charge is 0.496 e. The zero-order valence-electron chi connectivity index (χ0n) is 12.1. The van der Waals surface area contributed by atoms with Gasteiger partial charge in [0.2, 0.25) is 0 Å². The third kappa shape index (κ3) is 2.28. The van der Waals surface area contributed by atoms with E-state index in [1.54, 1.807) is 18.4 Å². The van der Waals surface area contributed by atoms with E-state index in [4.69, 9.17) is 15.0 Å². The molecule has 2 heterocycles. The number of nitriles is 1. The van der Waals surface area contributed by atoms with Gasteiger partial charge in [-0.2, -0.15) is 5.26 Å². The van der Waals surface area contributed by atoms with E-state index in [9.17, 15) is 0 Å². The van der Waals surface area contributed by atoms with Crippen molar-refractivity contribution in [3.05, 3.63) is 35.2 Å². The summed E-state index contributed by atoms with van der Waals surface area (Å²) in [5, 5.41) is 11.0. The van der Waals surface area contributed by atoms with Crippen LogP contribution in [0.4, 0.5) is 0 Å². The van der Waals surface area contributed by atoms with Gasteiger partial charge in [-0.1, -0.05) is 0 Å². The van der Waals surface area contributed by atoms with Crippen LogP contribution in [0.15, 0.2) is 29.6 Å². The monoisotopic (exact) mass is 297 g/mol. The van der Waals surface area contributed by atoms with Crippen LogP contribution in [0.25, 0.3) is 21.7 Å². The molecule has 0 aliphatic carbocycles. The quantitative estimate of drug-likeness (QED) is 0.727. The van der Waals surface area contributed by atoms with Crippen LogP contribution in [0.5, 0.6) is 5.75 Å². The summed E-state index contributed by atoms with van der Waals surface area (Å²) >= 11 is 1.61. The second kappa shape index (κ2) is 5.23. The van der Waals surface area contributed by atoms with Crippen LogP contribution in [0, 0.1) is 11.3 Å². The molecule has 0 saturated heterocycles. The second-order valence-electron chi connectivity index (χ2n) is 5.07. The molecule has 0 saturated carbocycles. The third-order valence-electron chi connectivity index (χ3n) is 3.37. The lowest BCUT2D eigenvalue weighted by molar-refractivity contribution is 0.417. The van der Waals surface area contributed by atoms with Gasteiger partial charge < -0.3 is 9.30 Å². The maximum atomic E-state index is 9.04. The van der Waals surface area contributed by atoms with Crippen LogP contribution in [0.2, 0.25) is 0 Å². The summed E-state index contributed by atoms with van der Waals surface area (Å²) in [6.07, 6.45) is 0. The Morgan fingerprint density at radius 1 is 1.33 bits per heavy atom. The number of hydrogen-bond acceptors (Lipinski definition) is 4. The van der Waals surface area contributed by atoms with Crippen molar-refractivity contribution in [1.82, 2.24) is 9.55 Å². The molecule has 0 unspecified atom stereocenters. The van der Waals surface area contributed by atoms with Gasteiger partial charge in [0.15, 0.2) is 5.82 Å². The van der Waals surface area contributed by atoms with E-state index >= 15 is 0 Å². The van der Waals surface area contributed by atoms with E-state index < -0.39 is 0 Å². The van der Waals surface area contributed by atoms with E-state index in [0.717, 1.165) is 27.5 Å². The first-order chi connectivity index (χ1) is 10.1. The van der Waals surface area contributed by atoms with E-state index in [2.05, 4.69) is 24.5 Å². The Morgan fingerprint density at radius 3 is 2.76 bits per heavy atom. The van der Waals surface area contributed by atoms with E-state index in [-0.39, 0.29) is 6.04 Å². The lowest BCUT2D eigenvalue weighted by Crippen LogP contribution is -2.02. The molecule has 0 atom stereocenters. The SMILES string of the molecule is COc1csc(-c2nc3cc(C#N)ccc3n2C(C)C)c1. The van der Waals surface area contributed by atoms with Crippen molar-refractivity contribution in [2.75, 3.05) is 7.11 Å². The molecular weight excluding hydrogens is 282 g/mol. The molecule has 0 radical (unpaired) electrons.